The molecule has 0 saturated carbocycles. The molecule has 1 aliphatic heterocycles. The van der Waals surface area contributed by atoms with Crippen LogP contribution in [0.5, 0.6) is 0 Å². The van der Waals surface area contributed by atoms with E-state index in [1.165, 1.54) is 16.7 Å². The summed E-state index contributed by atoms with van der Waals surface area (Å²) in [6.45, 7) is -0.0673. The number of thioether (sulfide) groups is 1. The van der Waals surface area contributed by atoms with Gasteiger partial charge in [0.25, 0.3) is 0 Å². The lowest BCUT2D eigenvalue weighted by atomic mass is 10.1. The normalized spacial score (nSPS) is 15.7. The minimum Gasteiger partial charge on any atom is -0.335 e. The van der Waals surface area contributed by atoms with Crippen LogP contribution in [-0.4, -0.2) is 34.9 Å². The molecule has 0 radical (unpaired) electrons. The van der Waals surface area contributed by atoms with Crippen LogP contribution in [0.4, 0.5) is 0 Å². The van der Waals surface area contributed by atoms with Crippen LogP contribution >= 0.6 is 35.0 Å². The van der Waals surface area contributed by atoms with E-state index in [-0.39, 0.29) is 17.5 Å². The molecule has 1 aromatic rings. The monoisotopic (exact) mass is 343 g/mol. The molecule has 21 heavy (non-hydrogen) atoms. The van der Waals surface area contributed by atoms with Gasteiger partial charge < -0.3 is 10.2 Å². The SMILES string of the molecule is N#C[C@@H](NC(=O)CN1CSCC1=O)c1cccc(Cl)c1Cl. The Balaban J connectivity index is 2.05. The van der Waals surface area contributed by atoms with Gasteiger partial charge in [0.1, 0.15) is 12.6 Å². The molecule has 0 bridgehead atoms. The first-order valence-corrected chi connectivity index (χ1v) is 7.92. The molecule has 8 heteroatoms. The van der Waals surface area contributed by atoms with Crippen LogP contribution in [0.25, 0.3) is 0 Å². The quantitative estimate of drug-likeness (QED) is 0.909. The molecule has 1 heterocycles. The van der Waals surface area contributed by atoms with E-state index >= 15 is 0 Å². The Bertz CT molecular complexity index is 618. The van der Waals surface area contributed by atoms with E-state index in [0.717, 1.165) is 0 Å². The van der Waals surface area contributed by atoms with E-state index in [1.807, 2.05) is 6.07 Å². The van der Waals surface area contributed by atoms with Crippen molar-refractivity contribution in [2.24, 2.45) is 0 Å². The molecule has 0 aliphatic carbocycles. The van der Waals surface area contributed by atoms with Gasteiger partial charge in [-0.3, -0.25) is 9.59 Å². The third-order valence-electron chi connectivity index (χ3n) is 2.89. The Labute approximate surface area is 136 Å². The van der Waals surface area contributed by atoms with Crippen LogP contribution in [0.2, 0.25) is 10.0 Å². The van der Waals surface area contributed by atoms with E-state index in [0.29, 0.717) is 22.2 Å². The third kappa shape index (κ3) is 3.82. The Hall–Kier alpha value is -1.42. The smallest absolute Gasteiger partial charge is 0.240 e. The van der Waals surface area contributed by atoms with Gasteiger partial charge in [0.05, 0.1) is 27.7 Å². The Kier molecular flexibility index (Phi) is 5.34. The number of amides is 2. The molecular weight excluding hydrogens is 333 g/mol. The summed E-state index contributed by atoms with van der Waals surface area (Å²) in [5, 5.41) is 12.3. The van der Waals surface area contributed by atoms with Crippen LogP contribution < -0.4 is 5.32 Å². The second-order valence-corrected chi connectivity index (χ2v) is 6.08. The van der Waals surface area contributed by atoms with Gasteiger partial charge >= 0.3 is 0 Å². The van der Waals surface area contributed by atoms with Crippen molar-refractivity contribution in [2.45, 2.75) is 6.04 Å². The summed E-state index contributed by atoms with van der Waals surface area (Å²) >= 11 is 13.4. The van der Waals surface area contributed by atoms with Crippen molar-refractivity contribution in [3.05, 3.63) is 33.8 Å². The predicted molar refractivity (Wildman–Crippen MR) is 82.0 cm³/mol. The summed E-state index contributed by atoms with van der Waals surface area (Å²) in [6.07, 6.45) is 0. The molecule has 0 aromatic heterocycles. The molecule has 0 spiro atoms. The largest absolute Gasteiger partial charge is 0.335 e. The number of halogens is 2. The molecule has 1 fully saturated rings. The minimum atomic E-state index is -0.908. The average Bonchev–Trinajstić information content (AvgIpc) is 2.85. The van der Waals surface area contributed by atoms with Crippen LogP contribution in [0, 0.1) is 11.3 Å². The van der Waals surface area contributed by atoms with Gasteiger partial charge in [-0.1, -0.05) is 35.3 Å². The third-order valence-corrected chi connectivity index (χ3v) is 4.67. The molecule has 110 valence electrons. The van der Waals surface area contributed by atoms with Crippen LogP contribution in [0.15, 0.2) is 18.2 Å². The summed E-state index contributed by atoms with van der Waals surface area (Å²) in [4.78, 5) is 24.8. The summed E-state index contributed by atoms with van der Waals surface area (Å²) in [6, 6.07) is 5.94. The number of nitrogens with one attached hydrogen (secondary N) is 1. The number of hydrogen-bond donors (Lipinski definition) is 1. The molecule has 1 atom stereocenters. The van der Waals surface area contributed by atoms with Crippen molar-refractivity contribution in [1.29, 1.82) is 5.26 Å². The van der Waals surface area contributed by atoms with Gasteiger partial charge in [0.15, 0.2) is 0 Å². The Morgan fingerprint density at radius 1 is 1.52 bits per heavy atom. The number of nitriles is 1. The van der Waals surface area contributed by atoms with Crippen LogP contribution in [0.3, 0.4) is 0 Å². The standard InChI is InChI=1S/C13H11Cl2N3O2S/c14-9-3-1-2-8(13(9)15)10(4-16)17-11(19)5-18-7-21-6-12(18)20/h1-3,10H,5-7H2,(H,17,19)/t10-/m1/s1. The highest BCUT2D eigenvalue weighted by atomic mass is 35.5. The van der Waals surface area contributed by atoms with Crippen molar-refractivity contribution in [3.8, 4) is 6.07 Å². The lowest BCUT2D eigenvalue weighted by Crippen LogP contribution is -2.39. The highest BCUT2D eigenvalue weighted by Gasteiger charge is 2.25. The predicted octanol–water partition coefficient (Wildman–Crippen LogP) is 2.21. The lowest BCUT2D eigenvalue weighted by molar-refractivity contribution is -0.132. The van der Waals surface area contributed by atoms with E-state index < -0.39 is 11.9 Å². The topological polar surface area (TPSA) is 73.2 Å². The first kappa shape index (κ1) is 16.0. The molecule has 0 unspecified atom stereocenters. The number of carbonyl (C=O) groups is 2. The van der Waals surface area contributed by atoms with Gasteiger partial charge in [-0.05, 0) is 6.07 Å². The zero-order chi connectivity index (χ0) is 15.4. The minimum absolute atomic E-state index is 0.0673. The lowest BCUT2D eigenvalue weighted by Gasteiger charge is -2.17. The van der Waals surface area contributed by atoms with Gasteiger partial charge in [-0.2, -0.15) is 5.26 Å². The van der Waals surface area contributed by atoms with Gasteiger partial charge in [-0.15, -0.1) is 11.8 Å². The van der Waals surface area contributed by atoms with Gasteiger partial charge in [0.2, 0.25) is 11.8 Å². The molecule has 1 aromatic carbocycles. The number of benzene rings is 1. The highest BCUT2D eigenvalue weighted by Crippen LogP contribution is 2.29. The van der Waals surface area contributed by atoms with E-state index in [9.17, 15) is 14.9 Å². The average molecular weight is 344 g/mol. The zero-order valence-corrected chi connectivity index (χ0v) is 13.1. The highest BCUT2D eigenvalue weighted by molar-refractivity contribution is 8.00. The Morgan fingerprint density at radius 3 is 2.90 bits per heavy atom. The number of nitrogens with zero attached hydrogens (tertiary/aromatic N) is 2. The second kappa shape index (κ2) is 7.03. The molecule has 1 saturated heterocycles. The maximum Gasteiger partial charge on any atom is 0.240 e. The van der Waals surface area contributed by atoms with E-state index in [1.54, 1.807) is 18.2 Å². The fourth-order valence-electron chi connectivity index (χ4n) is 1.84. The van der Waals surface area contributed by atoms with Crippen LogP contribution in [0.1, 0.15) is 11.6 Å². The Morgan fingerprint density at radius 2 is 2.29 bits per heavy atom. The summed E-state index contributed by atoms with van der Waals surface area (Å²) in [5.41, 5.74) is 0.433. The number of hydrogen-bond acceptors (Lipinski definition) is 4. The number of carbonyl (C=O) groups excluding carboxylic acids is 2. The molecule has 1 aliphatic rings. The first-order chi connectivity index (χ1) is 10.0. The maximum atomic E-state index is 11.9. The maximum absolute atomic E-state index is 11.9. The van der Waals surface area contributed by atoms with Crippen molar-refractivity contribution in [3.63, 3.8) is 0 Å². The molecule has 5 nitrogen and oxygen atoms in total. The van der Waals surface area contributed by atoms with E-state index in [4.69, 9.17) is 23.2 Å². The molecular formula is C13H11Cl2N3O2S. The van der Waals surface area contributed by atoms with Crippen LogP contribution in [-0.2, 0) is 9.59 Å². The molecule has 2 amide bonds. The van der Waals surface area contributed by atoms with E-state index in [2.05, 4.69) is 5.32 Å². The first-order valence-electron chi connectivity index (χ1n) is 6.01. The van der Waals surface area contributed by atoms with Crippen molar-refractivity contribution < 1.29 is 9.59 Å². The summed E-state index contributed by atoms with van der Waals surface area (Å²) < 4.78 is 0. The van der Waals surface area contributed by atoms with Crippen molar-refractivity contribution in [1.82, 2.24) is 10.2 Å². The van der Waals surface area contributed by atoms with Crippen molar-refractivity contribution >= 4 is 46.8 Å². The van der Waals surface area contributed by atoms with Gasteiger partial charge in [-0.25, -0.2) is 0 Å². The fourth-order valence-corrected chi connectivity index (χ4v) is 3.16. The fraction of sp³-hybridized carbons (Fsp3) is 0.308. The van der Waals surface area contributed by atoms with Crippen molar-refractivity contribution in [2.75, 3.05) is 18.2 Å². The second-order valence-electron chi connectivity index (χ2n) is 4.34. The number of rotatable bonds is 4. The molecule has 2 rings (SSSR count). The summed E-state index contributed by atoms with van der Waals surface area (Å²) in [5.74, 6) is 0.383. The zero-order valence-electron chi connectivity index (χ0n) is 10.8. The van der Waals surface area contributed by atoms with Gasteiger partial charge in [0, 0.05) is 5.56 Å². The molecule has 1 N–H and O–H groups in total. The summed E-state index contributed by atoms with van der Waals surface area (Å²) in [7, 11) is 0.